The average molecular weight is 584 g/mol. The van der Waals surface area contributed by atoms with Crippen LogP contribution in [0.15, 0.2) is 78.9 Å². The molecule has 5 rings (SSSR count). The number of carbonyl (C=O) groups excluding carboxylic acids is 1. The number of hydrogen-bond acceptors (Lipinski definition) is 7. The summed E-state index contributed by atoms with van der Waals surface area (Å²) in [7, 11) is 3.04. The summed E-state index contributed by atoms with van der Waals surface area (Å²) in [6.45, 7) is 8.36. The first-order chi connectivity index (χ1) is 20.6. The van der Waals surface area contributed by atoms with Crippen LogP contribution in [0.5, 0.6) is 28.7 Å². The molecule has 0 atom stereocenters. The van der Waals surface area contributed by atoms with Gasteiger partial charge in [0.2, 0.25) is 0 Å². The molecule has 1 heterocycles. The van der Waals surface area contributed by atoms with E-state index in [0.29, 0.717) is 17.2 Å². The molecule has 0 fully saturated rings. The van der Waals surface area contributed by atoms with E-state index in [9.17, 15) is 9.18 Å². The van der Waals surface area contributed by atoms with Gasteiger partial charge in [0.05, 0.1) is 19.8 Å². The van der Waals surface area contributed by atoms with Gasteiger partial charge in [0.15, 0.2) is 11.5 Å². The lowest BCUT2D eigenvalue weighted by Gasteiger charge is -2.33. The molecule has 0 unspecified atom stereocenters. The highest BCUT2D eigenvalue weighted by Gasteiger charge is 2.27. The van der Waals surface area contributed by atoms with Crippen molar-refractivity contribution in [3.8, 4) is 39.9 Å². The fourth-order valence-corrected chi connectivity index (χ4v) is 5.35. The molecule has 43 heavy (non-hydrogen) atoms. The van der Waals surface area contributed by atoms with Crippen molar-refractivity contribution in [2.45, 2.75) is 39.8 Å². The molecule has 0 bridgehead atoms. The normalized spacial score (nSPS) is 13.2. The number of anilines is 1. The number of carbonyl (C=O) groups is 1. The van der Waals surface area contributed by atoms with Gasteiger partial charge in [-0.15, -0.1) is 0 Å². The third kappa shape index (κ3) is 6.43. The molecular formula is C35H34FNO6. The van der Waals surface area contributed by atoms with E-state index in [0.717, 1.165) is 39.1 Å². The lowest BCUT2D eigenvalue weighted by atomic mass is 9.85. The molecule has 0 aromatic heterocycles. The van der Waals surface area contributed by atoms with Crippen LogP contribution in [0.25, 0.3) is 16.7 Å². The van der Waals surface area contributed by atoms with Gasteiger partial charge in [-0.2, -0.15) is 0 Å². The van der Waals surface area contributed by atoms with Gasteiger partial charge in [0.1, 0.15) is 29.7 Å². The molecule has 8 heteroatoms. The quantitative estimate of drug-likeness (QED) is 0.164. The number of hydrogen-bond donors (Lipinski definition) is 1. The van der Waals surface area contributed by atoms with Gasteiger partial charge >= 0.3 is 6.16 Å². The van der Waals surface area contributed by atoms with E-state index in [-0.39, 0.29) is 29.5 Å². The first kappa shape index (κ1) is 29.5. The molecule has 7 nitrogen and oxygen atoms in total. The molecule has 0 amide bonds. The molecular weight excluding hydrogens is 549 g/mol. The highest BCUT2D eigenvalue weighted by Crippen LogP contribution is 2.43. The van der Waals surface area contributed by atoms with E-state index >= 15 is 0 Å². The summed E-state index contributed by atoms with van der Waals surface area (Å²) < 4.78 is 42.1. The molecule has 0 spiro atoms. The van der Waals surface area contributed by atoms with Crippen molar-refractivity contribution in [2.24, 2.45) is 0 Å². The summed E-state index contributed by atoms with van der Waals surface area (Å²) in [5.41, 5.74) is 6.21. The van der Waals surface area contributed by atoms with Crippen molar-refractivity contribution in [2.75, 3.05) is 19.5 Å². The van der Waals surface area contributed by atoms with Crippen LogP contribution >= 0.6 is 0 Å². The molecule has 4 aromatic carbocycles. The van der Waals surface area contributed by atoms with Crippen LogP contribution in [-0.2, 0) is 6.61 Å². The van der Waals surface area contributed by atoms with Crippen LogP contribution in [0.2, 0.25) is 0 Å². The number of ether oxygens (including phenoxy) is 5. The van der Waals surface area contributed by atoms with E-state index in [1.807, 2.05) is 25.1 Å². The van der Waals surface area contributed by atoms with Crippen molar-refractivity contribution in [3.05, 3.63) is 101 Å². The molecule has 0 aliphatic carbocycles. The van der Waals surface area contributed by atoms with E-state index < -0.39 is 6.16 Å². The van der Waals surface area contributed by atoms with Crippen LogP contribution in [0, 0.1) is 12.7 Å². The number of benzene rings is 4. The van der Waals surface area contributed by atoms with Gasteiger partial charge in [-0.25, -0.2) is 9.18 Å². The van der Waals surface area contributed by atoms with Crippen molar-refractivity contribution in [1.29, 1.82) is 0 Å². The zero-order valence-corrected chi connectivity index (χ0v) is 25.0. The second-order valence-electron chi connectivity index (χ2n) is 10.9. The smallest absolute Gasteiger partial charge is 0.496 e. The second kappa shape index (κ2) is 12.1. The first-order valence-corrected chi connectivity index (χ1v) is 13.8. The fourth-order valence-electron chi connectivity index (χ4n) is 5.35. The SMILES string of the molecule is COc1ccccc1OC(=O)Oc1ccc(-c2ccc3c(c2COc2cc(F)ccc2C)C(C)=CC(C)(C)N3)c(OC)c1. The van der Waals surface area contributed by atoms with E-state index in [2.05, 4.69) is 32.2 Å². The third-order valence-electron chi connectivity index (χ3n) is 7.19. The van der Waals surface area contributed by atoms with Crippen molar-refractivity contribution < 1.29 is 32.9 Å². The Morgan fingerprint density at radius 1 is 0.814 bits per heavy atom. The second-order valence-corrected chi connectivity index (χ2v) is 10.9. The maximum atomic E-state index is 14.1. The Morgan fingerprint density at radius 3 is 2.28 bits per heavy atom. The maximum Gasteiger partial charge on any atom is 0.519 e. The highest BCUT2D eigenvalue weighted by molar-refractivity contribution is 5.88. The number of nitrogens with one attached hydrogen (secondary N) is 1. The summed E-state index contributed by atoms with van der Waals surface area (Å²) in [5, 5.41) is 3.59. The van der Waals surface area contributed by atoms with Crippen molar-refractivity contribution >= 4 is 17.4 Å². The molecule has 0 radical (unpaired) electrons. The Balaban J connectivity index is 1.51. The number of halogens is 1. The minimum absolute atomic E-state index is 0.183. The van der Waals surface area contributed by atoms with Gasteiger partial charge in [-0.1, -0.05) is 30.3 Å². The summed E-state index contributed by atoms with van der Waals surface area (Å²) in [4.78, 5) is 12.6. The molecule has 4 aromatic rings. The number of methoxy groups -OCH3 is 2. The molecule has 1 aliphatic heterocycles. The van der Waals surface area contributed by atoms with Crippen molar-refractivity contribution in [3.63, 3.8) is 0 Å². The molecule has 1 N–H and O–H groups in total. The lowest BCUT2D eigenvalue weighted by Crippen LogP contribution is -2.32. The van der Waals surface area contributed by atoms with Crippen LogP contribution in [0.3, 0.4) is 0 Å². The van der Waals surface area contributed by atoms with Gasteiger partial charge in [0, 0.05) is 34.5 Å². The Kier molecular flexibility index (Phi) is 8.30. The minimum atomic E-state index is -0.915. The largest absolute Gasteiger partial charge is 0.519 e. The summed E-state index contributed by atoms with van der Waals surface area (Å²) >= 11 is 0. The predicted molar refractivity (Wildman–Crippen MR) is 165 cm³/mol. The van der Waals surface area contributed by atoms with Gasteiger partial charge in [0.25, 0.3) is 0 Å². The summed E-state index contributed by atoms with van der Waals surface area (Å²) in [5.74, 6) is 1.48. The van der Waals surface area contributed by atoms with Crippen LogP contribution in [0.1, 0.15) is 37.5 Å². The Morgan fingerprint density at radius 2 is 1.53 bits per heavy atom. The van der Waals surface area contributed by atoms with Gasteiger partial charge in [-0.05, 0) is 80.8 Å². The van der Waals surface area contributed by atoms with Crippen molar-refractivity contribution in [1.82, 2.24) is 0 Å². The number of para-hydroxylation sites is 2. The molecule has 222 valence electrons. The van der Waals surface area contributed by atoms with Gasteiger partial charge in [-0.3, -0.25) is 0 Å². The van der Waals surface area contributed by atoms with Crippen LogP contribution in [-0.4, -0.2) is 25.9 Å². The van der Waals surface area contributed by atoms with E-state index in [4.69, 9.17) is 23.7 Å². The number of rotatable bonds is 8. The van der Waals surface area contributed by atoms with Gasteiger partial charge < -0.3 is 29.0 Å². The standard InChI is InChI=1S/C35H34FNO6/c1-21-11-12-23(36)17-31(21)41-20-27-25(15-16-28-33(27)22(2)19-35(3,4)37-28)26-14-13-24(18-32(26)40-6)42-34(38)43-30-10-8-7-9-29(30)39-5/h7-19,37H,20H2,1-6H3. The summed E-state index contributed by atoms with van der Waals surface area (Å²) in [6, 6.07) is 20.5. The number of fused-ring (bicyclic) bond motifs is 1. The fraction of sp³-hybridized carbons (Fsp3) is 0.229. The Hall–Kier alpha value is -4.98. The zero-order chi connectivity index (χ0) is 30.7. The van der Waals surface area contributed by atoms with Crippen LogP contribution in [0.4, 0.5) is 14.9 Å². The first-order valence-electron chi connectivity index (χ1n) is 13.8. The lowest BCUT2D eigenvalue weighted by molar-refractivity contribution is 0.150. The van der Waals surface area contributed by atoms with E-state index in [1.165, 1.54) is 19.2 Å². The zero-order valence-electron chi connectivity index (χ0n) is 25.0. The predicted octanol–water partition coefficient (Wildman–Crippen LogP) is 8.58. The third-order valence-corrected chi connectivity index (χ3v) is 7.19. The summed E-state index contributed by atoms with van der Waals surface area (Å²) in [6.07, 6.45) is 1.26. The topological polar surface area (TPSA) is 75.3 Å². The van der Waals surface area contributed by atoms with Crippen LogP contribution < -0.4 is 29.0 Å². The molecule has 0 saturated carbocycles. The monoisotopic (exact) mass is 583 g/mol. The Bertz CT molecular complexity index is 1710. The highest BCUT2D eigenvalue weighted by atomic mass is 19.1. The molecule has 1 aliphatic rings. The number of aryl methyl sites for hydroxylation is 1. The Labute approximate surface area is 250 Å². The minimum Gasteiger partial charge on any atom is -0.496 e. The average Bonchev–Trinajstić information content (AvgIpc) is 2.97. The maximum absolute atomic E-state index is 14.1. The molecule has 0 saturated heterocycles. The van der Waals surface area contributed by atoms with E-state index in [1.54, 1.807) is 49.6 Å². The number of allylic oxidation sites excluding steroid dienone is 1.